The Kier molecular flexibility index (Phi) is 4.62. The lowest BCUT2D eigenvalue weighted by atomic mass is 9.69. The minimum Gasteiger partial charge on any atom is -0.295 e. The highest BCUT2D eigenvalue weighted by molar-refractivity contribution is 6.09. The summed E-state index contributed by atoms with van der Waals surface area (Å²) in [6.07, 6.45) is 0.666. The molecule has 1 atom stereocenters. The van der Waals surface area contributed by atoms with Crippen LogP contribution in [0, 0.1) is 0 Å². The van der Waals surface area contributed by atoms with E-state index in [1.165, 1.54) is 0 Å². The Morgan fingerprint density at radius 1 is 0.714 bits per heavy atom. The van der Waals surface area contributed by atoms with Crippen LogP contribution in [0.2, 0.25) is 0 Å². The fourth-order valence-electron chi connectivity index (χ4n) is 3.81. The second-order valence-corrected chi connectivity index (χ2v) is 6.92. The van der Waals surface area contributed by atoms with Crippen molar-refractivity contribution in [1.82, 2.24) is 5.32 Å². The van der Waals surface area contributed by atoms with Crippen LogP contribution in [0.1, 0.15) is 39.9 Å². The standard InChI is InChI=1S/C24H19NO3/c26-21-15-16-24(23(28)25-21,19-9-5-2-6-10-19)20-13-11-18(12-14-20)22(27)17-7-3-1-4-8-17/h1-14H,15-16H2,(H,25,26,28). The fourth-order valence-corrected chi connectivity index (χ4v) is 3.81. The second-order valence-electron chi connectivity index (χ2n) is 6.92. The Morgan fingerprint density at radius 2 is 1.25 bits per heavy atom. The molecule has 0 bridgehead atoms. The van der Waals surface area contributed by atoms with E-state index in [-0.39, 0.29) is 24.0 Å². The molecule has 3 aromatic rings. The van der Waals surface area contributed by atoms with Gasteiger partial charge in [-0.2, -0.15) is 0 Å². The average Bonchev–Trinajstić information content (AvgIpc) is 2.75. The molecule has 1 saturated heterocycles. The van der Waals surface area contributed by atoms with E-state index in [1.807, 2.05) is 60.7 Å². The van der Waals surface area contributed by atoms with Crippen LogP contribution in [0.4, 0.5) is 0 Å². The molecule has 0 radical (unpaired) electrons. The topological polar surface area (TPSA) is 63.2 Å². The van der Waals surface area contributed by atoms with Gasteiger partial charge < -0.3 is 0 Å². The quantitative estimate of drug-likeness (QED) is 0.564. The molecule has 138 valence electrons. The molecular weight excluding hydrogens is 350 g/mol. The first-order valence-corrected chi connectivity index (χ1v) is 9.21. The van der Waals surface area contributed by atoms with Gasteiger partial charge in [-0.15, -0.1) is 0 Å². The zero-order valence-electron chi connectivity index (χ0n) is 15.2. The van der Waals surface area contributed by atoms with Gasteiger partial charge in [-0.25, -0.2) is 0 Å². The summed E-state index contributed by atoms with van der Waals surface area (Å²) in [5.74, 6) is -0.645. The van der Waals surface area contributed by atoms with Gasteiger partial charge in [-0.3, -0.25) is 19.7 Å². The van der Waals surface area contributed by atoms with E-state index in [0.717, 1.165) is 11.1 Å². The van der Waals surface area contributed by atoms with Crippen molar-refractivity contribution in [2.24, 2.45) is 0 Å². The first-order chi connectivity index (χ1) is 13.6. The number of imide groups is 1. The van der Waals surface area contributed by atoms with Crippen LogP contribution in [0.25, 0.3) is 0 Å². The highest BCUT2D eigenvalue weighted by Crippen LogP contribution is 2.39. The molecule has 4 heteroatoms. The first-order valence-electron chi connectivity index (χ1n) is 9.21. The van der Waals surface area contributed by atoms with Crippen LogP contribution in [0.15, 0.2) is 84.9 Å². The third-order valence-corrected chi connectivity index (χ3v) is 5.31. The number of ketones is 1. The molecule has 3 aromatic carbocycles. The van der Waals surface area contributed by atoms with Gasteiger partial charge in [0.15, 0.2) is 5.78 Å². The number of piperidine rings is 1. The Balaban J connectivity index is 1.75. The highest BCUT2D eigenvalue weighted by atomic mass is 16.2. The molecule has 2 amide bonds. The van der Waals surface area contributed by atoms with E-state index in [1.54, 1.807) is 24.3 Å². The van der Waals surface area contributed by atoms with Gasteiger partial charge >= 0.3 is 0 Å². The predicted octanol–water partition coefficient (Wildman–Crippen LogP) is 3.64. The molecule has 28 heavy (non-hydrogen) atoms. The number of rotatable bonds is 4. The van der Waals surface area contributed by atoms with Crippen LogP contribution in [-0.2, 0) is 15.0 Å². The van der Waals surface area contributed by atoms with Gasteiger partial charge in [0.1, 0.15) is 0 Å². The molecule has 0 aromatic heterocycles. The number of hydrogen-bond acceptors (Lipinski definition) is 3. The van der Waals surface area contributed by atoms with Crippen molar-refractivity contribution in [1.29, 1.82) is 0 Å². The van der Waals surface area contributed by atoms with Crippen LogP contribution in [0.5, 0.6) is 0 Å². The molecule has 0 saturated carbocycles. The maximum atomic E-state index is 13.0. The first kappa shape index (κ1) is 17.9. The van der Waals surface area contributed by atoms with Gasteiger partial charge in [-0.05, 0) is 17.5 Å². The minimum absolute atomic E-state index is 0.0656. The van der Waals surface area contributed by atoms with Crippen LogP contribution in [-0.4, -0.2) is 17.6 Å². The van der Waals surface area contributed by atoms with E-state index in [9.17, 15) is 14.4 Å². The normalized spacial score (nSPS) is 19.1. The highest BCUT2D eigenvalue weighted by Gasteiger charge is 2.45. The lowest BCUT2D eigenvalue weighted by Gasteiger charge is -2.36. The summed E-state index contributed by atoms with van der Waals surface area (Å²) in [4.78, 5) is 37.4. The Labute approximate surface area is 163 Å². The number of carbonyl (C=O) groups is 3. The number of amides is 2. The van der Waals surface area contributed by atoms with Gasteiger partial charge in [-0.1, -0.05) is 84.9 Å². The third kappa shape index (κ3) is 3.03. The van der Waals surface area contributed by atoms with E-state index in [0.29, 0.717) is 17.5 Å². The number of nitrogens with one attached hydrogen (secondary N) is 1. The Bertz CT molecular complexity index is 1030. The number of carbonyl (C=O) groups excluding carboxylic acids is 3. The zero-order chi connectivity index (χ0) is 19.6. The third-order valence-electron chi connectivity index (χ3n) is 5.31. The SMILES string of the molecule is O=C1CCC(c2ccccc2)(c2ccc(C(=O)c3ccccc3)cc2)C(=O)N1. The summed E-state index contributed by atoms with van der Waals surface area (Å²) in [6.45, 7) is 0. The summed E-state index contributed by atoms with van der Waals surface area (Å²) < 4.78 is 0. The molecule has 1 N–H and O–H groups in total. The maximum absolute atomic E-state index is 13.0. The van der Waals surface area contributed by atoms with Crippen molar-refractivity contribution in [3.8, 4) is 0 Å². The van der Waals surface area contributed by atoms with Crippen LogP contribution >= 0.6 is 0 Å². The summed E-state index contributed by atoms with van der Waals surface area (Å²) in [5, 5.41) is 2.49. The summed E-state index contributed by atoms with van der Waals surface area (Å²) in [5.41, 5.74) is 1.85. The molecular formula is C24H19NO3. The van der Waals surface area contributed by atoms with Gasteiger partial charge in [0.2, 0.25) is 11.8 Å². The van der Waals surface area contributed by atoms with E-state index < -0.39 is 5.41 Å². The maximum Gasteiger partial charge on any atom is 0.241 e. The van der Waals surface area contributed by atoms with Crippen LogP contribution in [0.3, 0.4) is 0 Å². The van der Waals surface area contributed by atoms with Gasteiger partial charge in [0.25, 0.3) is 0 Å². The van der Waals surface area contributed by atoms with Crippen molar-refractivity contribution in [2.75, 3.05) is 0 Å². The summed E-state index contributed by atoms with van der Waals surface area (Å²) in [7, 11) is 0. The summed E-state index contributed by atoms with van der Waals surface area (Å²) in [6, 6.07) is 25.7. The lowest BCUT2D eigenvalue weighted by Crippen LogP contribution is -2.52. The summed E-state index contributed by atoms with van der Waals surface area (Å²) >= 11 is 0. The number of hydrogen-bond donors (Lipinski definition) is 1. The second kappa shape index (κ2) is 7.24. The monoisotopic (exact) mass is 369 g/mol. The predicted molar refractivity (Wildman–Crippen MR) is 106 cm³/mol. The molecule has 4 nitrogen and oxygen atoms in total. The molecule has 0 spiro atoms. The fraction of sp³-hybridized carbons (Fsp3) is 0.125. The molecule has 1 heterocycles. The van der Waals surface area contributed by atoms with Crippen molar-refractivity contribution in [3.05, 3.63) is 107 Å². The van der Waals surface area contributed by atoms with Crippen molar-refractivity contribution in [2.45, 2.75) is 18.3 Å². The van der Waals surface area contributed by atoms with E-state index >= 15 is 0 Å². The van der Waals surface area contributed by atoms with Crippen molar-refractivity contribution in [3.63, 3.8) is 0 Å². The lowest BCUT2D eigenvalue weighted by molar-refractivity contribution is -0.136. The largest absolute Gasteiger partial charge is 0.295 e. The van der Waals surface area contributed by atoms with E-state index in [4.69, 9.17) is 0 Å². The van der Waals surface area contributed by atoms with Crippen molar-refractivity contribution < 1.29 is 14.4 Å². The molecule has 1 unspecified atom stereocenters. The number of benzene rings is 3. The van der Waals surface area contributed by atoms with E-state index in [2.05, 4.69) is 5.32 Å². The smallest absolute Gasteiger partial charge is 0.241 e. The average molecular weight is 369 g/mol. The molecule has 0 aliphatic carbocycles. The van der Waals surface area contributed by atoms with Crippen LogP contribution < -0.4 is 5.32 Å². The molecule has 1 fully saturated rings. The van der Waals surface area contributed by atoms with Gasteiger partial charge in [0.05, 0.1) is 5.41 Å². The molecule has 4 rings (SSSR count). The zero-order valence-corrected chi connectivity index (χ0v) is 15.2. The minimum atomic E-state index is -0.941. The van der Waals surface area contributed by atoms with Crippen molar-refractivity contribution >= 4 is 17.6 Å². The Morgan fingerprint density at radius 3 is 1.86 bits per heavy atom. The van der Waals surface area contributed by atoms with Gasteiger partial charge in [0, 0.05) is 17.5 Å². The molecule has 1 aliphatic heterocycles. The molecule has 1 aliphatic rings. The Hall–Kier alpha value is -3.53.